The van der Waals surface area contributed by atoms with Crippen LogP contribution in [0.1, 0.15) is 18.0 Å². The van der Waals surface area contributed by atoms with E-state index >= 15 is 0 Å². The van der Waals surface area contributed by atoms with Gasteiger partial charge in [0.1, 0.15) is 0 Å². The summed E-state index contributed by atoms with van der Waals surface area (Å²) < 4.78 is 22.5. The maximum atomic E-state index is 11.3. The first-order chi connectivity index (χ1) is 7.49. The molecule has 0 bridgehead atoms. The van der Waals surface area contributed by atoms with Crippen LogP contribution in [0.4, 0.5) is 0 Å². The number of rotatable bonds is 4. The average Bonchev–Trinajstić information content (AvgIpc) is 2.25. The third-order valence-electron chi connectivity index (χ3n) is 2.38. The van der Waals surface area contributed by atoms with Gasteiger partial charge in [0.25, 0.3) is 0 Å². The standard InChI is InChI=1S/C12H15NO2S/c1-4-5-12(13-2)10-6-8-11(9-7-10)16(3,14)15/h1,6-9,12-13H,5H2,2-3H3. The first-order valence-electron chi connectivity index (χ1n) is 4.89. The number of benzene rings is 1. The smallest absolute Gasteiger partial charge is 0.175 e. The van der Waals surface area contributed by atoms with E-state index in [2.05, 4.69) is 11.2 Å². The first-order valence-corrected chi connectivity index (χ1v) is 6.79. The zero-order valence-electron chi connectivity index (χ0n) is 9.40. The molecule has 1 atom stereocenters. The van der Waals surface area contributed by atoms with Crippen LogP contribution in [0.2, 0.25) is 0 Å². The fourth-order valence-electron chi connectivity index (χ4n) is 1.45. The molecule has 1 rings (SSSR count). The molecule has 0 saturated carbocycles. The van der Waals surface area contributed by atoms with Crippen molar-refractivity contribution in [1.82, 2.24) is 5.32 Å². The lowest BCUT2D eigenvalue weighted by Gasteiger charge is -2.13. The van der Waals surface area contributed by atoms with Gasteiger partial charge in [-0.15, -0.1) is 12.3 Å². The largest absolute Gasteiger partial charge is 0.312 e. The van der Waals surface area contributed by atoms with E-state index in [1.54, 1.807) is 24.3 Å². The SMILES string of the molecule is C#CCC(NC)c1ccc(S(C)(=O)=O)cc1. The lowest BCUT2D eigenvalue weighted by atomic mass is 10.0. The van der Waals surface area contributed by atoms with Crippen molar-refractivity contribution in [3.05, 3.63) is 29.8 Å². The lowest BCUT2D eigenvalue weighted by molar-refractivity contribution is 0.600. The Hall–Kier alpha value is -1.31. The molecule has 1 N–H and O–H groups in total. The van der Waals surface area contributed by atoms with Crippen LogP contribution in [0, 0.1) is 12.3 Å². The molecule has 0 aliphatic carbocycles. The van der Waals surface area contributed by atoms with Gasteiger partial charge in [-0.05, 0) is 24.7 Å². The minimum atomic E-state index is -3.13. The second kappa shape index (κ2) is 5.15. The Morgan fingerprint density at radius 1 is 1.38 bits per heavy atom. The first kappa shape index (κ1) is 12.8. The molecule has 0 heterocycles. The molecule has 0 spiro atoms. The molecule has 4 heteroatoms. The summed E-state index contributed by atoms with van der Waals surface area (Å²) >= 11 is 0. The van der Waals surface area contributed by atoms with Gasteiger partial charge in [-0.3, -0.25) is 0 Å². The number of sulfone groups is 1. The molecule has 1 aromatic rings. The summed E-state index contributed by atoms with van der Waals surface area (Å²) in [6.45, 7) is 0. The predicted octanol–water partition coefficient (Wildman–Crippen LogP) is 1.37. The highest BCUT2D eigenvalue weighted by Crippen LogP contribution is 2.18. The van der Waals surface area contributed by atoms with Gasteiger partial charge in [0.2, 0.25) is 0 Å². The third kappa shape index (κ3) is 3.09. The van der Waals surface area contributed by atoms with Crippen molar-refractivity contribution >= 4 is 9.84 Å². The van der Waals surface area contributed by atoms with Gasteiger partial charge in [-0.25, -0.2) is 8.42 Å². The van der Waals surface area contributed by atoms with Crippen LogP contribution in [-0.2, 0) is 9.84 Å². The second-order valence-electron chi connectivity index (χ2n) is 3.59. The summed E-state index contributed by atoms with van der Waals surface area (Å²) in [5.41, 5.74) is 0.993. The monoisotopic (exact) mass is 237 g/mol. The van der Waals surface area contributed by atoms with E-state index in [0.717, 1.165) is 5.56 Å². The van der Waals surface area contributed by atoms with E-state index < -0.39 is 9.84 Å². The zero-order valence-corrected chi connectivity index (χ0v) is 10.2. The van der Waals surface area contributed by atoms with E-state index in [1.807, 2.05) is 7.05 Å². The highest BCUT2D eigenvalue weighted by molar-refractivity contribution is 7.90. The van der Waals surface area contributed by atoms with E-state index in [1.165, 1.54) is 6.26 Å². The molecule has 3 nitrogen and oxygen atoms in total. The minimum absolute atomic E-state index is 0.0682. The lowest BCUT2D eigenvalue weighted by Crippen LogP contribution is -2.15. The van der Waals surface area contributed by atoms with Crippen molar-refractivity contribution in [3.63, 3.8) is 0 Å². The Labute approximate surface area is 96.8 Å². The van der Waals surface area contributed by atoms with Gasteiger partial charge in [-0.2, -0.15) is 0 Å². The van der Waals surface area contributed by atoms with Crippen LogP contribution in [0.25, 0.3) is 0 Å². The summed E-state index contributed by atoms with van der Waals surface area (Å²) in [5, 5.41) is 3.09. The number of hydrogen-bond donors (Lipinski definition) is 1. The van der Waals surface area contributed by atoms with Gasteiger partial charge in [-0.1, -0.05) is 12.1 Å². The molecule has 86 valence electrons. The van der Waals surface area contributed by atoms with Crippen LogP contribution in [0.3, 0.4) is 0 Å². The Morgan fingerprint density at radius 2 is 1.94 bits per heavy atom. The third-order valence-corrected chi connectivity index (χ3v) is 3.51. The summed E-state index contributed by atoms with van der Waals surface area (Å²) in [5.74, 6) is 2.58. The summed E-state index contributed by atoms with van der Waals surface area (Å²) in [6, 6.07) is 6.85. The second-order valence-corrected chi connectivity index (χ2v) is 5.61. The molecule has 0 aliphatic rings. The summed E-state index contributed by atoms with van der Waals surface area (Å²) in [6.07, 6.45) is 7.03. The van der Waals surface area contributed by atoms with Gasteiger partial charge in [0, 0.05) is 18.7 Å². The molecule has 1 unspecified atom stereocenters. The maximum absolute atomic E-state index is 11.3. The molecule has 0 fully saturated rings. The maximum Gasteiger partial charge on any atom is 0.175 e. The summed E-state index contributed by atoms with van der Waals surface area (Å²) in [7, 11) is -1.30. The highest BCUT2D eigenvalue weighted by Gasteiger charge is 2.10. The number of terminal acetylenes is 1. The molecular formula is C12H15NO2S. The molecule has 0 amide bonds. The van der Waals surface area contributed by atoms with Crippen LogP contribution in [-0.4, -0.2) is 21.7 Å². The molecular weight excluding hydrogens is 222 g/mol. The molecule has 0 radical (unpaired) electrons. The van der Waals surface area contributed by atoms with Gasteiger partial charge >= 0.3 is 0 Å². The van der Waals surface area contributed by atoms with Crippen molar-refractivity contribution in [2.75, 3.05) is 13.3 Å². The number of hydrogen-bond acceptors (Lipinski definition) is 3. The van der Waals surface area contributed by atoms with Crippen molar-refractivity contribution < 1.29 is 8.42 Å². The zero-order chi connectivity index (χ0) is 12.2. The normalized spacial score (nSPS) is 13.1. The Morgan fingerprint density at radius 3 is 2.31 bits per heavy atom. The fraction of sp³-hybridized carbons (Fsp3) is 0.333. The van der Waals surface area contributed by atoms with Crippen LogP contribution < -0.4 is 5.32 Å². The van der Waals surface area contributed by atoms with E-state index in [9.17, 15) is 8.42 Å². The molecule has 1 aromatic carbocycles. The fourth-order valence-corrected chi connectivity index (χ4v) is 2.08. The van der Waals surface area contributed by atoms with Crippen molar-refractivity contribution in [3.8, 4) is 12.3 Å². The van der Waals surface area contributed by atoms with E-state index in [4.69, 9.17) is 6.42 Å². The number of nitrogens with one attached hydrogen (secondary N) is 1. The summed E-state index contributed by atoms with van der Waals surface area (Å²) in [4.78, 5) is 0.326. The molecule has 0 aliphatic heterocycles. The Bertz CT molecular complexity index is 483. The molecule has 16 heavy (non-hydrogen) atoms. The average molecular weight is 237 g/mol. The Balaban J connectivity index is 2.99. The van der Waals surface area contributed by atoms with Crippen LogP contribution >= 0.6 is 0 Å². The van der Waals surface area contributed by atoms with Gasteiger partial charge < -0.3 is 5.32 Å². The quantitative estimate of drug-likeness (QED) is 0.805. The minimum Gasteiger partial charge on any atom is -0.312 e. The van der Waals surface area contributed by atoms with Gasteiger partial charge in [0.15, 0.2) is 9.84 Å². The van der Waals surface area contributed by atoms with Crippen LogP contribution in [0.15, 0.2) is 29.2 Å². The van der Waals surface area contributed by atoms with Gasteiger partial charge in [0.05, 0.1) is 4.90 Å². The van der Waals surface area contributed by atoms with E-state index in [-0.39, 0.29) is 6.04 Å². The molecule has 0 saturated heterocycles. The van der Waals surface area contributed by atoms with Crippen molar-refractivity contribution in [1.29, 1.82) is 0 Å². The van der Waals surface area contributed by atoms with Crippen molar-refractivity contribution in [2.24, 2.45) is 0 Å². The topological polar surface area (TPSA) is 46.2 Å². The van der Waals surface area contributed by atoms with Crippen LogP contribution in [0.5, 0.6) is 0 Å². The highest BCUT2D eigenvalue weighted by atomic mass is 32.2. The van der Waals surface area contributed by atoms with E-state index in [0.29, 0.717) is 11.3 Å². The predicted molar refractivity (Wildman–Crippen MR) is 64.8 cm³/mol. The Kier molecular flexibility index (Phi) is 4.11. The molecule has 0 aromatic heterocycles. The van der Waals surface area contributed by atoms with Crippen molar-refractivity contribution in [2.45, 2.75) is 17.4 Å².